The molecule has 0 bridgehead atoms. The van der Waals surface area contributed by atoms with Crippen molar-refractivity contribution in [2.75, 3.05) is 0 Å². The first-order valence-electron chi connectivity index (χ1n) is 12.1. The molecule has 0 aliphatic rings. The van der Waals surface area contributed by atoms with Crippen LogP contribution in [0.3, 0.4) is 0 Å². The molecule has 4 rings (SSSR count). The number of benzene rings is 4. The van der Waals surface area contributed by atoms with Crippen LogP contribution >= 0.6 is 0 Å². The van der Waals surface area contributed by atoms with Crippen molar-refractivity contribution in [1.29, 1.82) is 0 Å². The number of halogens is 4. The maximum Gasteiger partial charge on any atom is 0.371 e. The van der Waals surface area contributed by atoms with Crippen molar-refractivity contribution in [2.24, 2.45) is 0 Å². The van der Waals surface area contributed by atoms with Crippen molar-refractivity contribution in [3.8, 4) is 0 Å². The molecule has 4 aromatic carbocycles. The molecule has 0 fully saturated rings. The number of hydrogen-bond donors (Lipinski definition) is 0. The monoisotopic (exact) mass is 598 g/mol. The second kappa shape index (κ2) is 13.9. The third kappa shape index (κ3) is 7.80. The average molecular weight is 598 g/mol. The Bertz CT molecular complexity index is 1420. The van der Waals surface area contributed by atoms with Gasteiger partial charge in [-0.25, -0.2) is 41.5 Å². The number of carbonyl (C=O) groups is 4. The van der Waals surface area contributed by atoms with Gasteiger partial charge in [0.15, 0.2) is 0 Å². The Morgan fingerprint density at radius 1 is 0.395 bits per heavy atom. The van der Waals surface area contributed by atoms with Crippen LogP contribution in [0, 0.1) is 23.3 Å². The van der Waals surface area contributed by atoms with Crippen LogP contribution in [0.15, 0.2) is 97.1 Å². The molecule has 0 atom stereocenters. The summed E-state index contributed by atoms with van der Waals surface area (Å²) in [6.07, 6.45) is 0. The van der Waals surface area contributed by atoms with E-state index in [-0.39, 0.29) is 0 Å². The van der Waals surface area contributed by atoms with Crippen LogP contribution in [-0.4, -0.2) is 36.8 Å². The highest BCUT2D eigenvalue weighted by atomic mass is 19.1. The second-order valence-corrected chi connectivity index (χ2v) is 8.25. The molecule has 0 amide bonds. The molecule has 0 aromatic heterocycles. The van der Waals surface area contributed by atoms with Crippen LogP contribution < -0.4 is 0 Å². The molecule has 0 heterocycles. The molecular weight excluding hydrogens is 580 g/mol. The van der Waals surface area contributed by atoms with Gasteiger partial charge in [0.2, 0.25) is 0 Å². The van der Waals surface area contributed by atoms with Gasteiger partial charge in [0.25, 0.3) is 0 Å². The van der Waals surface area contributed by atoms with E-state index >= 15 is 0 Å². The molecule has 0 saturated carbocycles. The lowest BCUT2D eigenvalue weighted by atomic mass is 10.2. The van der Waals surface area contributed by atoms with Crippen LogP contribution in [0.25, 0.3) is 0 Å². The molecule has 43 heavy (non-hydrogen) atoms. The van der Waals surface area contributed by atoms with Gasteiger partial charge in [0, 0.05) is 0 Å². The zero-order valence-electron chi connectivity index (χ0n) is 21.6. The molecule has 0 saturated heterocycles. The van der Waals surface area contributed by atoms with E-state index < -0.39 is 82.4 Å². The van der Waals surface area contributed by atoms with Gasteiger partial charge in [-0.15, -0.1) is 0 Å². The van der Waals surface area contributed by atoms with Crippen LogP contribution in [0.2, 0.25) is 0 Å². The summed E-state index contributed by atoms with van der Waals surface area (Å²) in [4.78, 5) is 50.8. The van der Waals surface area contributed by atoms with Gasteiger partial charge in [0.1, 0.15) is 23.3 Å². The molecule has 0 radical (unpaired) electrons. The summed E-state index contributed by atoms with van der Waals surface area (Å²) in [5.41, 5.74) is -2.66. The summed E-state index contributed by atoms with van der Waals surface area (Å²) < 4.78 is 81.6. The quantitative estimate of drug-likeness (QED) is 0.132. The topological polar surface area (TPSA) is 114 Å². The third-order valence-corrected chi connectivity index (χ3v) is 5.41. The maximum atomic E-state index is 14.2. The molecule has 13 heteroatoms. The van der Waals surface area contributed by atoms with Gasteiger partial charge in [-0.3, -0.25) is 0 Å². The van der Waals surface area contributed by atoms with Crippen molar-refractivity contribution < 1.29 is 60.4 Å². The Morgan fingerprint density at radius 3 is 0.814 bits per heavy atom. The van der Waals surface area contributed by atoms with E-state index in [1.165, 1.54) is 48.5 Å². The van der Waals surface area contributed by atoms with Gasteiger partial charge in [-0.2, -0.15) is 0 Å². The minimum atomic E-state index is -2.61. The van der Waals surface area contributed by atoms with Gasteiger partial charge in [-0.05, 0) is 48.5 Å². The van der Waals surface area contributed by atoms with Crippen molar-refractivity contribution in [1.82, 2.24) is 0 Å². The number of hydrogen-bond acceptors (Lipinski definition) is 9. The molecule has 0 aliphatic carbocycles. The molecule has 4 aromatic rings. The lowest BCUT2D eigenvalue weighted by Crippen LogP contribution is -2.37. The first kappa shape index (κ1) is 30.4. The second-order valence-electron chi connectivity index (χ2n) is 8.25. The Hall–Kier alpha value is -5.56. The zero-order valence-corrected chi connectivity index (χ0v) is 21.6. The fourth-order valence-corrected chi connectivity index (χ4v) is 3.36. The highest BCUT2D eigenvalue weighted by Gasteiger charge is 2.33. The number of rotatable bonds is 10. The SMILES string of the molecule is O=C(OC(OC(=O)c1ccccc1F)OC(OC(=O)c1ccccc1F)OC(=O)c1ccccc1F)c1ccccc1F. The summed E-state index contributed by atoms with van der Waals surface area (Å²) in [6, 6.07) is 17.8. The Balaban J connectivity index is 1.65. The Morgan fingerprint density at radius 2 is 0.605 bits per heavy atom. The first-order valence-corrected chi connectivity index (χ1v) is 12.1. The van der Waals surface area contributed by atoms with E-state index in [0.29, 0.717) is 0 Å². The largest absolute Gasteiger partial charge is 0.396 e. The van der Waals surface area contributed by atoms with Gasteiger partial charge in [0.05, 0.1) is 22.3 Å². The minimum absolute atomic E-state index is 0.665. The van der Waals surface area contributed by atoms with Crippen LogP contribution in [0.4, 0.5) is 17.6 Å². The first-order chi connectivity index (χ1) is 20.6. The van der Waals surface area contributed by atoms with Crippen LogP contribution in [0.1, 0.15) is 41.4 Å². The van der Waals surface area contributed by atoms with E-state index in [4.69, 9.17) is 23.7 Å². The van der Waals surface area contributed by atoms with E-state index in [1.54, 1.807) is 0 Å². The smallest absolute Gasteiger partial charge is 0.371 e. The predicted octanol–water partition coefficient (Wildman–Crippen LogP) is 5.55. The summed E-state index contributed by atoms with van der Waals surface area (Å²) in [5, 5.41) is 0. The highest BCUT2D eigenvalue weighted by Crippen LogP contribution is 2.19. The predicted molar refractivity (Wildman–Crippen MR) is 136 cm³/mol. The molecule has 0 N–H and O–H groups in total. The van der Waals surface area contributed by atoms with Crippen molar-refractivity contribution in [3.63, 3.8) is 0 Å². The molecule has 9 nitrogen and oxygen atoms in total. The van der Waals surface area contributed by atoms with Gasteiger partial charge in [-0.1, -0.05) is 48.5 Å². The maximum absolute atomic E-state index is 14.2. The summed E-state index contributed by atoms with van der Waals surface area (Å²) in [5.74, 6) is -10.2. The van der Waals surface area contributed by atoms with Crippen LogP contribution in [0.5, 0.6) is 0 Å². The summed E-state index contributed by atoms with van der Waals surface area (Å²) in [7, 11) is 0. The molecule has 0 aliphatic heterocycles. The third-order valence-electron chi connectivity index (χ3n) is 5.41. The molecule has 0 unspecified atom stereocenters. The standard InChI is InChI=1S/C30H18F4O9/c31-21-13-5-1-9-17(21)25(35)39-29(40-26(36)18-10-2-6-14-22(18)32)43-30(41-27(37)19-11-3-7-15-23(19)33)42-28(38)20-12-4-8-16-24(20)34/h1-16,29-30H. The minimum Gasteiger partial charge on any atom is -0.396 e. The fraction of sp³-hybridized carbons (Fsp3) is 0.0667. The molecular formula is C30H18F4O9. The Labute approximate surface area is 240 Å². The van der Waals surface area contributed by atoms with Crippen molar-refractivity contribution in [2.45, 2.75) is 13.0 Å². The number of carbonyl (C=O) groups excluding carboxylic acids is 4. The zero-order chi connectivity index (χ0) is 30.9. The van der Waals surface area contributed by atoms with Gasteiger partial charge < -0.3 is 18.9 Å². The Kier molecular flexibility index (Phi) is 9.81. The van der Waals surface area contributed by atoms with E-state index in [1.807, 2.05) is 0 Å². The van der Waals surface area contributed by atoms with E-state index in [2.05, 4.69) is 0 Å². The number of ether oxygens (including phenoxy) is 5. The lowest BCUT2D eigenvalue weighted by molar-refractivity contribution is -0.343. The highest BCUT2D eigenvalue weighted by molar-refractivity contribution is 5.92. The number of esters is 4. The summed E-state index contributed by atoms with van der Waals surface area (Å²) in [6.45, 7) is -5.21. The van der Waals surface area contributed by atoms with Crippen LogP contribution in [-0.2, 0) is 23.7 Å². The van der Waals surface area contributed by atoms with Gasteiger partial charge >= 0.3 is 36.8 Å². The molecule has 0 spiro atoms. The van der Waals surface area contributed by atoms with Crippen molar-refractivity contribution in [3.05, 3.63) is 143 Å². The average Bonchev–Trinajstić information content (AvgIpc) is 2.97. The summed E-state index contributed by atoms with van der Waals surface area (Å²) >= 11 is 0. The van der Waals surface area contributed by atoms with Crippen molar-refractivity contribution >= 4 is 23.9 Å². The normalized spacial score (nSPS) is 10.7. The van der Waals surface area contributed by atoms with E-state index in [9.17, 15) is 36.7 Å². The fourth-order valence-electron chi connectivity index (χ4n) is 3.36. The molecule has 220 valence electrons. The lowest BCUT2D eigenvalue weighted by Gasteiger charge is -2.24. The van der Waals surface area contributed by atoms with E-state index in [0.717, 1.165) is 48.5 Å².